The summed E-state index contributed by atoms with van der Waals surface area (Å²) in [6.45, 7) is 3.54. The predicted octanol–water partition coefficient (Wildman–Crippen LogP) is 0.590. The summed E-state index contributed by atoms with van der Waals surface area (Å²) < 4.78 is 10.8. The van der Waals surface area contributed by atoms with Crippen LogP contribution in [0.1, 0.15) is 39.0 Å². The number of rotatable bonds is 10. The Bertz CT molecular complexity index is 603. The highest BCUT2D eigenvalue weighted by atomic mass is 16.5. The lowest BCUT2D eigenvalue weighted by molar-refractivity contribution is -0.142. The molecule has 0 N–H and O–H groups in total. The fraction of sp³-hybridized carbons (Fsp3) is 0.789. The van der Waals surface area contributed by atoms with E-state index in [1.54, 1.807) is 6.92 Å². The highest BCUT2D eigenvalue weighted by Gasteiger charge is 2.44. The monoisotopic (exact) mass is 380 g/mol. The largest absolute Gasteiger partial charge is 0.377 e. The van der Waals surface area contributed by atoms with Crippen LogP contribution in [-0.4, -0.2) is 72.9 Å². The topological polar surface area (TPSA) is 93.2 Å². The molecule has 2 saturated heterocycles. The minimum atomic E-state index is -0.235. The van der Waals surface area contributed by atoms with E-state index in [1.807, 2.05) is 0 Å². The number of imide groups is 2. The summed E-state index contributed by atoms with van der Waals surface area (Å²) in [6.07, 6.45) is 3.89. The molecule has 2 unspecified atom stereocenters. The summed E-state index contributed by atoms with van der Waals surface area (Å²) >= 11 is 0. The first kappa shape index (κ1) is 19.9. The molecule has 150 valence electrons. The van der Waals surface area contributed by atoms with Crippen LogP contribution in [0.3, 0.4) is 0 Å². The lowest BCUT2D eigenvalue weighted by Crippen LogP contribution is -2.36. The fourth-order valence-electron chi connectivity index (χ4n) is 3.87. The van der Waals surface area contributed by atoms with E-state index in [4.69, 9.17) is 9.47 Å². The van der Waals surface area contributed by atoms with Crippen molar-refractivity contribution in [2.24, 2.45) is 17.8 Å². The van der Waals surface area contributed by atoms with Gasteiger partial charge in [0.05, 0.1) is 45.4 Å². The van der Waals surface area contributed by atoms with Gasteiger partial charge in [0.2, 0.25) is 23.6 Å². The minimum absolute atomic E-state index is 0.0428. The first-order valence-electron chi connectivity index (χ1n) is 9.83. The quantitative estimate of drug-likeness (QED) is 0.407. The Kier molecular flexibility index (Phi) is 6.59. The zero-order valence-electron chi connectivity index (χ0n) is 15.9. The van der Waals surface area contributed by atoms with Crippen molar-refractivity contribution in [3.8, 4) is 0 Å². The Morgan fingerprint density at radius 2 is 1.37 bits per heavy atom. The fourth-order valence-corrected chi connectivity index (χ4v) is 3.87. The molecule has 3 fully saturated rings. The van der Waals surface area contributed by atoms with E-state index < -0.39 is 0 Å². The van der Waals surface area contributed by atoms with Gasteiger partial charge in [0.1, 0.15) is 0 Å². The first-order chi connectivity index (χ1) is 13.0. The molecule has 0 aromatic heterocycles. The van der Waals surface area contributed by atoms with Gasteiger partial charge in [-0.2, -0.15) is 0 Å². The number of hydrogen-bond acceptors (Lipinski definition) is 6. The molecule has 0 spiro atoms. The van der Waals surface area contributed by atoms with Gasteiger partial charge in [-0.25, -0.2) is 0 Å². The van der Waals surface area contributed by atoms with Gasteiger partial charge in [-0.3, -0.25) is 29.0 Å². The van der Waals surface area contributed by atoms with E-state index in [9.17, 15) is 19.2 Å². The Morgan fingerprint density at radius 3 is 1.85 bits per heavy atom. The molecular weight excluding hydrogens is 352 g/mol. The standard InChI is InChI=1S/C19H28N2O6/c1-13-11-16(22)20(18(13)24)5-7-26-9-10-27-8-6-21-17(23)12-15(19(21)25)14-3-2-4-14/h13-15H,2-12H2,1H3. The average Bonchev–Trinajstić information content (AvgIpc) is 2.98. The van der Waals surface area contributed by atoms with E-state index in [2.05, 4.69) is 0 Å². The summed E-state index contributed by atoms with van der Waals surface area (Å²) in [5, 5.41) is 0. The number of nitrogens with zero attached hydrogens (tertiary/aromatic N) is 2. The molecule has 0 aromatic carbocycles. The summed E-state index contributed by atoms with van der Waals surface area (Å²) in [6, 6.07) is 0. The smallest absolute Gasteiger partial charge is 0.233 e. The van der Waals surface area contributed by atoms with Crippen molar-refractivity contribution in [1.82, 2.24) is 9.80 Å². The lowest BCUT2D eigenvalue weighted by Gasteiger charge is -2.29. The van der Waals surface area contributed by atoms with Gasteiger partial charge in [-0.15, -0.1) is 0 Å². The third-order valence-electron chi connectivity index (χ3n) is 5.76. The van der Waals surface area contributed by atoms with Gasteiger partial charge < -0.3 is 9.47 Å². The molecule has 4 amide bonds. The van der Waals surface area contributed by atoms with Crippen molar-refractivity contribution in [2.75, 3.05) is 39.5 Å². The van der Waals surface area contributed by atoms with Gasteiger partial charge in [0.15, 0.2) is 0 Å². The maximum absolute atomic E-state index is 12.3. The van der Waals surface area contributed by atoms with Crippen LogP contribution in [0.15, 0.2) is 0 Å². The van der Waals surface area contributed by atoms with Crippen molar-refractivity contribution in [1.29, 1.82) is 0 Å². The van der Waals surface area contributed by atoms with Gasteiger partial charge >= 0.3 is 0 Å². The minimum Gasteiger partial charge on any atom is -0.377 e. The van der Waals surface area contributed by atoms with Crippen LogP contribution in [0.5, 0.6) is 0 Å². The first-order valence-corrected chi connectivity index (χ1v) is 9.83. The number of amides is 4. The van der Waals surface area contributed by atoms with E-state index in [0.717, 1.165) is 19.3 Å². The summed E-state index contributed by atoms with van der Waals surface area (Å²) in [5.41, 5.74) is 0. The SMILES string of the molecule is CC1CC(=O)N(CCOCCOCCN2C(=O)CC(C3CCC3)C2=O)C1=O. The van der Waals surface area contributed by atoms with Crippen molar-refractivity contribution in [2.45, 2.75) is 39.0 Å². The van der Waals surface area contributed by atoms with Crippen LogP contribution < -0.4 is 0 Å². The average molecular weight is 380 g/mol. The maximum Gasteiger partial charge on any atom is 0.233 e. The second kappa shape index (κ2) is 8.93. The summed E-state index contributed by atoms with van der Waals surface area (Å²) in [5.74, 6) is -0.385. The molecular formula is C19H28N2O6. The maximum atomic E-state index is 12.3. The van der Waals surface area contributed by atoms with E-state index in [0.29, 0.717) is 32.2 Å². The third kappa shape index (κ3) is 4.55. The van der Waals surface area contributed by atoms with Crippen LogP contribution in [0.4, 0.5) is 0 Å². The highest BCUT2D eigenvalue weighted by molar-refractivity contribution is 6.04. The van der Waals surface area contributed by atoms with Crippen molar-refractivity contribution in [3.63, 3.8) is 0 Å². The van der Waals surface area contributed by atoms with E-state index >= 15 is 0 Å². The van der Waals surface area contributed by atoms with Crippen LogP contribution >= 0.6 is 0 Å². The Labute approximate surface area is 159 Å². The number of carbonyl (C=O) groups is 4. The van der Waals surface area contributed by atoms with Crippen LogP contribution in [0.25, 0.3) is 0 Å². The second-order valence-electron chi connectivity index (χ2n) is 7.60. The van der Waals surface area contributed by atoms with E-state index in [-0.39, 0.29) is 61.6 Å². The molecule has 2 heterocycles. The molecule has 2 aliphatic heterocycles. The number of likely N-dealkylation sites (tertiary alicyclic amines) is 2. The molecule has 0 aromatic rings. The lowest BCUT2D eigenvalue weighted by atomic mass is 9.75. The van der Waals surface area contributed by atoms with Crippen LogP contribution in [0.2, 0.25) is 0 Å². The Balaban J connectivity index is 1.24. The van der Waals surface area contributed by atoms with Crippen LogP contribution in [-0.2, 0) is 28.7 Å². The zero-order valence-corrected chi connectivity index (χ0v) is 15.9. The van der Waals surface area contributed by atoms with E-state index in [1.165, 1.54) is 9.80 Å². The number of ether oxygens (including phenoxy) is 2. The molecule has 1 aliphatic carbocycles. The van der Waals surface area contributed by atoms with Gasteiger partial charge in [0.25, 0.3) is 0 Å². The second-order valence-corrected chi connectivity index (χ2v) is 7.60. The summed E-state index contributed by atoms with van der Waals surface area (Å²) in [7, 11) is 0. The van der Waals surface area contributed by atoms with Crippen LogP contribution in [0, 0.1) is 17.8 Å². The van der Waals surface area contributed by atoms with Gasteiger partial charge in [-0.05, 0) is 18.8 Å². The predicted molar refractivity (Wildman–Crippen MR) is 94.3 cm³/mol. The molecule has 2 atom stereocenters. The molecule has 27 heavy (non-hydrogen) atoms. The molecule has 3 rings (SSSR count). The third-order valence-corrected chi connectivity index (χ3v) is 5.76. The van der Waals surface area contributed by atoms with Crippen molar-refractivity contribution < 1.29 is 28.7 Å². The normalized spacial score (nSPS) is 26.4. The molecule has 8 nitrogen and oxygen atoms in total. The molecule has 8 heteroatoms. The molecule has 3 aliphatic rings. The zero-order chi connectivity index (χ0) is 19.4. The number of hydrogen-bond donors (Lipinski definition) is 0. The molecule has 0 radical (unpaired) electrons. The molecule has 1 saturated carbocycles. The van der Waals surface area contributed by atoms with Gasteiger partial charge in [0, 0.05) is 18.8 Å². The number of carbonyl (C=O) groups excluding carboxylic acids is 4. The van der Waals surface area contributed by atoms with Crippen molar-refractivity contribution >= 4 is 23.6 Å². The highest BCUT2D eigenvalue weighted by Crippen LogP contribution is 2.39. The molecule has 0 bridgehead atoms. The Morgan fingerprint density at radius 1 is 0.815 bits per heavy atom. The Hall–Kier alpha value is -1.80. The van der Waals surface area contributed by atoms with Crippen molar-refractivity contribution in [3.05, 3.63) is 0 Å². The summed E-state index contributed by atoms with van der Waals surface area (Å²) in [4.78, 5) is 50.3. The van der Waals surface area contributed by atoms with Gasteiger partial charge in [-0.1, -0.05) is 13.3 Å².